The van der Waals surface area contributed by atoms with Gasteiger partial charge in [-0.15, -0.1) is 0 Å². The fourth-order valence-electron chi connectivity index (χ4n) is 4.93. The number of sulfonamides is 1. The second-order valence-electron chi connectivity index (χ2n) is 10.1. The lowest BCUT2D eigenvalue weighted by atomic mass is 9.79. The van der Waals surface area contributed by atoms with E-state index in [0.717, 1.165) is 11.1 Å². The van der Waals surface area contributed by atoms with Crippen molar-refractivity contribution < 1.29 is 17.9 Å². The summed E-state index contributed by atoms with van der Waals surface area (Å²) < 4.78 is 34.5. The molecule has 10 heteroatoms. The number of rotatable bonds is 13. The zero-order valence-electron chi connectivity index (χ0n) is 22.4. The number of halogens is 2. The first kappa shape index (κ1) is 30.7. The molecule has 4 atom stereocenters. The Kier molecular flexibility index (Phi) is 11.1. The van der Waals surface area contributed by atoms with Gasteiger partial charge in [0.15, 0.2) is 5.78 Å². The van der Waals surface area contributed by atoms with E-state index in [0.29, 0.717) is 35.1 Å². The van der Waals surface area contributed by atoms with Gasteiger partial charge in [-0.3, -0.25) is 10.1 Å². The van der Waals surface area contributed by atoms with Crippen molar-refractivity contribution in [1.82, 2.24) is 15.4 Å². The Morgan fingerprint density at radius 2 is 1.65 bits per heavy atom. The molecule has 40 heavy (non-hydrogen) atoms. The summed E-state index contributed by atoms with van der Waals surface area (Å²) in [6.45, 7) is 3.31. The Bertz CT molecular complexity index is 1360. The van der Waals surface area contributed by atoms with Gasteiger partial charge >= 0.3 is 0 Å². The summed E-state index contributed by atoms with van der Waals surface area (Å²) in [4.78, 5) is 13.9. The highest BCUT2D eigenvalue weighted by atomic mass is 35.5. The maximum Gasteiger partial charge on any atom is 0.215 e. The average Bonchev–Trinajstić information content (AvgIpc) is 2.96. The van der Waals surface area contributed by atoms with Crippen molar-refractivity contribution in [3.8, 4) is 0 Å². The van der Waals surface area contributed by atoms with E-state index in [9.17, 15) is 13.2 Å². The highest BCUT2D eigenvalue weighted by Gasteiger charge is 2.40. The van der Waals surface area contributed by atoms with Gasteiger partial charge in [-0.05, 0) is 54.6 Å². The number of Topliss-reactive ketones (excluding diaryl/α,β-unsaturated/α-hetero) is 1. The zero-order valence-corrected chi connectivity index (χ0v) is 24.7. The lowest BCUT2D eigenvalue weighted by Gasteiger charge is -2.39. The molecule has 1 fully saturated rings. The van der Waals surface area contributed by atoms with Crippen LogP contribution >= 0.6 is 23.2 Å². The quantitative estimate of drug-likeness (QED) is 0.256. The molecule has 4 rings (SSSR count). The second kappa shape index (κ2) is 14.5. The molecule has 0 radical (unpaired) electrons. The molecule has 3 N–H and O–H groups in total. The summed E-state index contributed by atoms with van der Waals surface area (Å²) in [5, 5.41) is 7.79. The van der Waals surface area contributed by atoms with Gasteiger partial charge in [0, 0.05) is 13.1 Å². The lowest BCUT2D eigenvalue weighted by Crippen LogP contribution is -2.59. The van der Waals surface area contributed by atoms with Crippen molar-refractivity contribution in [3.05, 3.63) is 106 Å². The average molecular weight is 605 g/mol. The van der Waals surface area contributed by atoms with E-state index < -0.39 is 22.0 Å². The van der Waals surface area contributed by atoms with E-state index in [-0.39, 0.29) is 36.8 Å². The predicted molar refractivity (Wildman–Crippen MR) is 159 cm³/mol. The van der Waals surface area contributed by atoms with Gasteiger partial charge in [-0.2, -0.15) is 0 Å². The molecule has 3 aromatic rings. The van der Waals surface area contributed by atoms with Crippen molar-refractivity contribution >= 4 is 39.0 Å². The van der Waals surface area contributed by atoms with Crippen molar-refractivity contribution in [1.29, 1.82) is 0 Å². The molecule has 0 amide bonds. The van der Waals surface area contributed by atoms with E-state index in [2.05, 4.69) is 15.4 Å². The van der Waals surface area contributed by atoms with Crippen LogP contribution in [0.15, 0.2) is 78.9 Å². The number of ether oxygens (including phenoxy) is 1. The van der Waals surface area contributed by atoms with Crippen LogP contribution in [0.2, 0.25) is 10.0 Å². The third-order valence-corrected chi connectivity index (χ3v) is 9.15. The first-order chi connectivity index (χ1) is 19.2. The Labute approximate surface area is 246 Å². The monoisotopic (exact) mass is 603 g/mol. The lowest BCUT2D eigenvalue weighted by molar-refractivity contribution is -0.138. The van der Waals surface area contributed by atoms with Gasteiger partial charge in [0.05, 0.1) is 34.5 Å². The van der Waals surface area contributed by atoms with Gasteiger partial charge in [0.2, 0.25) is 10.0 Å². The van der Waals surface area contributed by atoms with Crippen LogP contribution in [0.25, 0.3) is 0 Å². The molecule has 1 saturated heterocycles. The molecule has 7 nitrogen and oxygen atoms in total. The van der Waals surface area contributed by atoms with E-state index in [4.69, 9.17) is 27.9 Å². The summed E-state index contributed by atoms with van der Waals surface area (Å²) in [6.07, 6.45) is -0.419. The SMILES string of the molecule is CC(OCc1ccc(Cl)c(Cl)c1)C(=O)C1C(CNS(=O)(=O)Cc2ccccc2)CCNC1NCc1ccccc1. The third-order valence-electron chi connectivity index (χ3n) is 7.09. The van der Waals surface area contributed by atoms with Crippen LogP contribution in [-0.4, -0.2) is 39.6 Å². The number of hydrogen-bond acceptors (Lipinski definition) is 6. The molecule has 0 spiro atoms. The maximum absolute atomic E-state index is 13.9. The largest absolute Gasteiger partial charge is 0.366 e. The zero-order chi connectivity index (χ0) is 28.5. The molecule has 1 aliphatic rings. The van der Waals surface area contributed by atoms with Gasteiger partial charge in [0.25, 0.3) is 0 Å². The number of nitrogens with one attached hydrogen (secondary N) is 3. The maximum atomic E-state index is 13.9. The van der Waals surface area contributed by atoms with E-state index in [1.165, 1.54) is 0 Å². The van der Waals surface area contributed by atoms with E-state index >= 15 is 0 Å². The van der Waals surface area contributed by atoms with E-state index in [1.54, 1.807) is 31.2 Å². The number of benzene rings is 3. The van der Waals surface area contributed by atoms with Crippen molar-refractivity contribution in [2.45, 2.75) is 44.5 Å². The molecular weight excluding hydrogens is 569 g/mol. The molecule has 0 saturated carbocycles. The smallest absolute Gasteiger partial charge is 0.215 e. The predicted octanol–water partition coefficient (Wildman–Crippen LogP) is 4.93. The molecular formula is C30H35Cl2N3O4S. The van der Waals surface area contributed by atoms with Gasteiger partial charge in [-0.25, -0.2) is 13.1 Å². The van der Waals surface area contributed by atoms with Crippen molar-refractivity contribution in [2.75, 3.05) is 13.1 Å². The molecule has 0 aromatic heterocycles. The molecule has 0 aliphatic carbocycles. The van der Waals surface area contributed by atoms with Crippen LogP contribution in [0.1, 0.15) is 30.0 Å². The fourth-order valence-corrected chi connectivity index (χ4v) is 6.46. The summed E-state index contributed by atoms with van der Waals surface area (Å²) in [7, 11) is -3.59. The number of carbonyl (C=O) groups excluding carboxylic acids is 1. The Morgan fingerprint density at radius 3 is 2.33 bits per heavy atom. The molecule has 214 valence electrons. The standard InChI is InChI=1S/C30H35Cl2N3O4S/c1-21(39-19-24-12-13-26(31)27(32)16-24)29(36)28-25(18-35-40(37,38)20-23-10-6-3-7-11-23)14-15-33-30(28)34-17-22-8-4-2-5-9-22/h2-13,16,21,25,28,30,33-35H,14-15,17-20H2,1H3. The number of hydrogen-bond donors (Lipinski definition) is 3. The van der Waals surface area contributed by atoms with Crippen molar-refractivity contribution in [2.24, 2.45) is 11.8 Å². The van der Waals surface area contributed by atoms with Gasteiger partial charge in [-0.1, -0.05) is 89.9 Å². The van der Waals surface area contributed by atoms with Gasteiger partial charge in [0.1, 0.15) is 6.10 Å². The Morgan fingerprint density at radius 1 is 0.975 bits per heavy atom. The van der Waals surface area contributed by atoms with Crippen LogP contribution in [0.5, 0.6) is 0 Å². The van der Waals surface area contributed by atoms with Crippen LogP contribution < -0.4 is 15.4 Å². The second-order valence-corrected chi connectivity index (χ2v) is 12.7. The first-order valence-corrected chi connectivity index (χ1v) is 15.7. The minimum absolute atomic E-state index is 0.0925. The summed E-state index contributed by atoms with van der Waals surface area (Å²) in [5.74, 6) is -0.939. The Hall–Kier alpha value is -2.30. The molecule has 1 aliphatic heterocycles. The summed E-state index contributed by atoms with van der Waals surface area (Å²) in [6, 6.07) is 24.2. The molecule has 3 aromatic carbocycles. The van der Waals surface area contributed by atoms with E-state index in [1.807, 2.05) is 54.6 Å². The topological polar surface area (TPSA) is 96.5 Å². The Balaban J connectivity index is 1.46. The summed E-state index contributed by atoms with van der Waals surface area (Å²) >= 11 is 12.2. The van der Waals surface area contributed by atoms with Crippen LogP contribution in [0, 0.1) is 11.8 Å². The minimum Gasteiger partial charge on any atom is -0.366 e. The third kappa shape index (κ3) is 8.85. The first-order valence-electron chi connectivity index (χ1n) is 13.3. The molecule has 4 unspecified atom stereocenters. The fraction of sp³-hybridized carbons (Fsp3) is 0.367. The van der Waals surface area contributed by atoms with Gasteiger partial charge < -0.3 is 10.1 Å². The van der Waals surface area contributed by atoms with Crippen LogP contribution in [0.4, 0.5) is 0 Å². The normalized spacial score (nSPS) is 20.2. The number of ketones is 1. The summed E-state index contributed by atoms with van der Waals surface area (Å²) in [5.41, 5.74) is 2.60. The van der Waals surface area contributed by atoms with Crippen LogP contribution in [0.3, 0.4) is 0 Å². The van der Waals surface area contributed by atoms with Crippen molar-refractivity contribution in [3.63, 3.8) is 0 Å². The number of piperidine rings is 1. The number of carbonyl (C=O) groups is 1. The highest BCUT2D eigenvalue weighted by molar-refractivity contribution is 7.88. The molecule has 1 heterocycles. The highest BCUT2D eigenvalue weighted by Crippen LogP contribution is 2.27. The van der Waals surface area contributed by atoms with Crippen LogP contribution in [-0.2, 0) is 38.5 Å². The molecule has 0 bridgehead atoms. The minimum atomic E-state index is -3.59.